The number of hydrogen-bond donors (Lipinski definition) is 1. The van der Waals surface area contributed by atoms with Crippen LogP contribution in [-0.2, 0) is 0 Å². The zero-order valence-corrected chi connectivity index (χ0v) is 5.87. The van der Waals surface area contributed by atoms with Crippen molar-refractivity contribution < 1.29 is 4.52 Å². The Morgan fingerprint density at radius 1 is 1.80 bits per heavy atom. The van der Waals surface area contributed by atoms with E-state index < -0.39 is 0 Å². The second-order valence-electron chi connectivity index (χ2n) is 2.88. The molecule has 1 aliphatic rings. The molecule has 0 aromatic carbocycles. The lowest BCUT2D eigenvalue weighted by molar-refractivity contribution is 0.379. The SMILES string of the molecule is Cc1cc([C@@H]2C[C@H]2N)on1. The summed E-state index contributed by atoms with van der Waals surface area (Å²) in [6, 6.07) is 2.27. The van der Waals surface area contributed by atoms with Crippen LogP contribution in [0.25, 0.3) is 0 Å². The highest BCUT2D eigenvalue weighted by atomic mass is 16.5. The molecule has 2 rings (SSSR count). The molecule has 0 saturated heterocycles. The number of nitrogens with two attached hydrogens (primary N) is 1. The van der Waals surface area contributed by atoms with E-state index in [0.29, 0.717) is 12.0 Å². The van der Waals surface area contributed by atoms with Crippen LogP contribution in [0.15, 0.2) is 10.6 Å². The minimum absolute atomic E-state index is 0.312. The molecule has 10 heavy (non-hydrogen) atoms. The van der Waals surface area contributed by atoms with E-state index in [-0.39, 0.29) is 0 Å². The number of hydrogen-bond acceptors (Lipinski definition) is 3. The van der Waals surface area contributed by atoms with Crippen LogP contribution >= 0.6 is 0 Å². The molecule has 1 aromatic heterocycles. The quantitative estimate of drug-likeness (QED) is 0.624. The maximum absolute atomic E-state index is 5.62. The van der Waals surface area contributed by atoms with Gasteiger partial charge in [-0.3, -0.25) is 0 Å². The van der Waals surface area contributed by atoms with E-state index in [1.807, 2.05) is 13.0 Å². The number of aromatic nitrogens is 1. The summed E-state index contributed by atoms with van der Waals surface area (Å²) in [6.45, 7) is 1.92. The van der Waals surface area contributed by atoms with Crippen molar-refractivity contribution >= 4 is 0 Å². The van der Waals surface area contributed by atoms with Crippen molar-refractivity contribution in [2.45, 2.75) is 25.3 Å². The van der Waals surface area contributed by atoms with E-state index in [2.05, 4.69) is 5.16 Å². The van der Waals surface area contributed by atoms with Crippen LogP contribution in [0.1, 0.15) is 23.8 Å². The van der Waals surface area contributed by atoms with Crippen molar-refractivity contribution in [2.24, 2.45) is 5.73 Å². The van der Waals surface area contributed by atoms with Gasteiger partial charge in [0.25, 0.3) is 0 Å². The summed E-state index contributed by atoms with van der Waals surface area (Å²) < 4.78 is 5.03. The maximum Gasteiger partial charge on any atom is 0.141 e. The molecule has 1 aliphatic carbocycles. The van der Waals surface area contributed by atoms with Gasteiger partial charge >= 0.3 is 0 Å². The Morgan fingerprint density at radius 3 is 2.90 bits per heavy atom. The highest BCUT2D eigenvalue weighted by Gasteiger charge is 2.37. The van der Waals surface area contributed by atoms with Crippen LogP contribution in [-0.4, -0.2) is 11.2 Å². The third kappa shape index (κ3) is 0.827. The minimum atomic E-state index is 0.312. The van der Waals surface area contributed by atoms with Crippen molar-refractivity contribution in [3.63, 3.8) is 0 Å². The van der Waals surface area contributed by atoms with Crippen molar-refractivity contribution in [1.29, 1.82) is 0 Å². The Hall–Kier alpha value is -0.830. The Morgan fingerprint density at radius 2 is 2.50 bits per heavy atom. The largest absolute Gasteiger partial charge is 0.361 e. The molecule has 0 unspecified atom stereocenters. The van der Waals surface area contributed by atoms with Gasteiger partial charge in [-0.1, -0.05) is 5.16 Å². The molecular formula is C7H10N2O. The normalized spacial score (nSPS) is 30.6. The van der Waals surface area contributed by atoms with Crippen LogP contribution in [0.2, 0.25) is 0 Å². The van der Waals surface area contributed by atoms with Gasteiger partial charge in [-0.2, -0.15) is 0 Å². The van der Waals surface area contributed by atoms with Gasteiger partial charge in [-0.05, 0) is 13.3 Å². The highest BCUT2D eigenvalue weighted by molar-refractivity contribution is 5.18. The summed E-state index contributed by atoms with van der Waals surface area (Å²) in [4.78, 5) is 0. The number of rotatable bonds is 1. The molecular weight excluding hydrogens is 128 g/mol. The molecule has 2 atom stereocenters. The summed E-state index contributed by atoms with van der Waals surface area (Å²) in [5.41, 5.74) is 6.56. The second-order valence-corrected chi connectivity index (χ2v) is 2.88. The predicted molar refractivity (Wildman–Crippen MR) is 36.6 cm³/mol. The fourth-order valence-electron chi connectivity index (χ4n) is 1.10. The average Bonchev–Trinajstić information content (AvgIpc) is 2.42. The Bertz CT molecular complexity index is 244. The fraction of sp³-hybridized carbons (Fsp3) is 0.571. The first-order valence-electron chi connectivity index (χ1n) is 3.46. The topological polar surface area (TPSA) is 52.0 Å². The summed E-state index contributed by atoms with van der Waals surface area (Å²) in [5.74, 6) is 1.39. The molecule has 0 aliphatic heterocycles. The van der Waals surface area contributed by atoms with Crippen LogP contribution < -0.4 is 5.73 Å². The molecule has 0 bridgehead atoms. The van der Waals surface area contributed by atoms with E-state index >= 15 is 0 Å². The third-order valence-corrected chi connectivity index (χ3v) is 1.85. The van der Waals surface area contributed by atoms with Crippen molar-refractivity contribution in [3.05, 3.63) is 17.5 Å². The molecule has 2 N–H and O–H groups in total. The summed E-state index contributed by atoms with van der Waals surface area (Å²) in [6.07, 6.45) is 1.05. The Labute approximate surface area is 59.2 Å². The Balaban J connectivity index is 2.20. The standard InChI is InChI=1S/C7H10N2O/c1-4-2-7(10-9-4)5-3-6(5)8/h2,5-6H,3,8H2,1H3/t5-,6-/m1/s1. The highest BCUT2D eigenvalue weighted by Crippen LogP contribution is 2.38. The average molecular weight is 138 g/mol. The van der Waals surface area contributed by atoms with Crippen molar-refractivity contribution in [2.75, 3.05) is 0 Å². The fourth-order valence-corrected chi connectivity index (χ4v) is 1.10. The molecule has 1 heterocycles. The van der Waals surface area contributed by atoms with E-state index in [9.17, 15) is 0 Å². The van der Waals surface area contributed by atoms with Gasteiger partial charge in [-0.25, -0.2) is 0 Å². The molecule has 3 heteroatoms. The van der Waals surface area contributed by atoms with Gasteiger partial charge in [0.05, 0.1) is 5.69 Å². The van der Waals surface area contributed by atoms with E-state index in [1.165, 1.54) is 0 Å². The van der Waals surface area contributed by atoms with Crippen LogP contribution in [0.3, 0.4) is 0 Å². The molecule has 54 valence electrons. The first-order valence-corrected chi connectivity index (χ1v) is 3.46. The second kappa shape index (κ2) is 1.83. The lowest BCUT2D eigenvalue weighted by atomic mass is 10.3. The van der Waals surface area contributed by atoms with Crippen molar-refractivity contribution in [3.8, 4) is 0 Å². The minimum Gasteiger partial charge on any atom is -0.361 e. The summed E-state index contributed by atoms with van der Waals surface area (Å²) in [7, 11) is 0. The molecule has 3 nitrogen and oxygen atoms in total. The molecule has 0 amide bonds. The van der Waals surface area contributed by atoms with E-state index in [4.69, 9.17) is 10.3 Å². The first kappa shape index (κ1) is 5.92. The third-order valence-electron chi connectivity index (χ3n) is 1.85. The van der Waals surface area contributed by atoms with Gasteiger partial charge in [0.2, 0.25) is 0 Å². The van der Waals surface area contributed by atoms with Gasteiger partial charge in [-0.15, -0.1) is 0 Å². The smallest absolute Gasteiger partial charge is 0.141 e. The van der Waals surface area contributed by atoms with Crippen LogP contribution in [0.5, 0.6) is 0 Å². The lowest BCUT2D eigenvalue weighted by Gasteiger charge is -1.84. The van der Waals surface area contributed by atoms with Gasteiger partial charge in [0.15, 0.2) is 0 Å². The van der Waals surface area contributed by atoms with Gasteiger partial charge < -0.3 is 10.3 Å². The summed E-state index contributed by atoms with van der Waals surface area (Å²) in [5, 5.41) is 3.78. The predicted octanol–water partition coefficient (Wildman–Crippen LogP) is 0.798. The van der Waals surface area contributed by atoms with Gasteiger partial charge in [0.1, 0.15) is 5.76 Å². The molecule has 1 saturated carbocycles. The molecule has 0 spiro atoms. The summed E-state index contributed by atoms with van der Waals surface area (Å²) >= 11 is 0. The maximum atomic E-state index is 5.62. The monoisotopic (exact) mass is 138 g/mol. The van der Waals surface area contributed by atoms with Crippen molar-refractivity contribution in [1.82, 2.24) is 5.16 Å². The molecule has 1 fully saturated rings. The number of nitrogens with zero attached hydrogens (tertiary/aromatic N) is 1. The Kier molecular flexibility index (Phi) is 1.08. The lowest BCUT2D eigenvalue weighted by Crippen LogP contribution is -2.00. The van der Waals surface area contributed by atoms with Crippen LogP contribution in [0.4, 0.5) is 0 Å². The number of aryl methyl sites for hydroxylation is 1. The first-order chi connectivity index (χ1) is 4.77. The van der Waals surface area contributed by atoms with E-state index in [1.54, 1.807) is 0 Å². The zero-order chi connectivity index (χ0) is 7.14. The molecule has 0 radical (unpaired) electrons. The molecule has 1 aromatic rings. The van der Waals surface area contributed by atoms with Gasteiger partial charge in [0, 0.05) is 18.0 Å². The van der Waals surface area contributed by atoms with Crippen LogP contribution in [0, 0.1) is 6.92 Å². The van der Waals surface area contributed by atoms with E-state index in [0.717, 1.165) is 17.9 Å². The zero-order valence-electron chi connectivity index (χ0n) is 5.87.